The van der Waals surface area contributed by atoms with Gasteiger partial charge < -0.3 is 20.3 Å². The summed E-state index contributed by atoms with van der Waals surface area (Å²) in [6, 6.07) is 4.24. The van der Waals surface area contributed by atoms with Gasteiger partial charge in [0.25, 0.3) is 0 Å². The standard InChI is InChI=1S/C15H27BrN4OS.HI/c1-17-15(18-8-7-13-5-6-14(16)22-13)19-9-11-20(2)10-4-12-21-3;/h5-6H,4,7-12H2,1-3H3,(H2,17,18,19);1H. The Labute approximate surface area is 169 Å². The fourth-order valence-electron chi connectivity index (χ4n) is 1.97. The molecule has 134 valence electrons. The summed E-state index contributed by atoms with van der Waals surface area (Å²) in [6.07, 6.45) is 2.07. The zero-order valence-electron chi connectivity index (χ0n) is 14.1. The molecule has 1 rings (SSSR count). The first-order valence-electron chi connectivity index (χ1n) is 7.52. The molecule has 0 radical (unpaired) electrons. The van der Waals surface area contributed by atoms with Crippen molar-refractivity contribution in [2.75, 3.05) is 54.0 Å². The van der Waals surface area contributed by atoms with Gasteiger partial charge in [0.1, 0.15) is 0 Å². The van der Waals surface area contributed by atoms with Crippen LogP contribution >= 0.6 is 51.2 Å². The predicted molar refractivity (Wildman–Crippen MR) is 114 cm³/mol. The van der Waals surface area contributed by atoms with Crippen LogP contribution in [0.1, 0.15) is 11.3 Å². The summed E-state index contributed by atoms with van der Waals surface area (Å²) in [7, 11) is 5.67. The minimum Gasteiger partial charge on any atom is -0.385 e. The number of halogens is 2. The van der Waals surface area contributed by atoms with Crippen molar-refractivity contribution in [3.8, 4) is 0 Å². The first-order valence-corrected chi connectivity index (χ1v) is 9.13. The van der Waals surface area contributed by atoms with Crippen molar-refractivity contribution in [3.05, 3.63) is 20.8 Å². The normalized spacial score (nSPS) is 11.4. The van der Waals surface area contributed by atoms with Crippen molar-refractivity contribution >= 4 is 57.2 Å². The van der Waals surface area contributed by atoms with Crippen molar-refractivity contribution in [2.24, 2.45) is 4.99 Å². The third kappa shape index (κ3) is 11.3. The lowest BCUT2D eigenvalue weighted by molar-refractivity contribution is 0.180. The van der Waals surface area contributed by atoms with Crippen molar-refractivity contribution < 1.29 is 4.74 Å². The van der Waals surface area contributed by atoms with Crippen molar-refractivity contribution in [1.29, 1.82) is 0 Å². The zero-order valence-corrected chi connectivity index (χ0v) is 18.8. The van der Waals surface area contributed by atoms with Gasteiger partial charge in [0.15, 0.2) is 5.96 Å². The van der Waals surface area contributed by atoms with Gasteiger partial charge in [-0.1, -0.05) is 0 Å². The van der Waals surface area contributed by atoms with E-state index in [1.807, 2.05) is 0 Å². The topological polar surface area (TPSA) is 48.9 Å². The SMILES string of the molecule is CN=C(NCCc1ccc(Br)s1)NCCN(C)CCCOC.I. The van der Waals surface area contributed by atoms with E-state index in [0.29, 0.717) is 0 Å². The molecule has 1 aromatic heterocycles. The summed E-state index contributed by atoms with van der Waals surface area (Å²) in [5.74, 6) is 0.862. The van der Waals surface area contributed by atoms with Gasteiger partial charge in [-0.25, -0.2) is 0 Å². The average Bonchev–Trinajstić information content (AvgIpc) is 2.91. The number of nitrogens with one attached hydrogen (secondary N) is 2. The van der Waals surface area contributed by atoms with Gasteiger partial charge in [-0.2, -0.15) is 0 Å². The number of ether oxygens (including phenoxy) is 1. The Morgan fingerprint density at radius 1 is 1.30 bits per heavy atom. The quantitative estimate of drug-likeness (QED) is 0.216. The first-order chi connectivity index (χ1) is 10.7. The number of hydrogen-bond donors (Lipinski definition) is 2. The number of nitrogens with zero attached hydrogens (tertiary/aromatic N) is 2. The summed E-state index contributed by atoms with van der Waals surface area (Å²) < 4.78 is 6.24. The van der Waals surface area contributed by atoms with Crippen LogP contribution in [0.5, 0.6) is 0 Å². The van der Waals surface area contributed by atoms with E-state index >= 15 is 0 Å². The number of likely N-dealkylation sites (N-methyl/N-ethyl adjacent to an activating group) is 1. The van der Waals surface area contributed by atoms with Gasteiger partial charge >= 0.3 is 0 Å². The highest BCUT2D eigenvalue weighted by Crippen LogP contribution is 2.21. The van der Waals surface area contributed by atoms with Crippen LogP contribution in [0, 0.1) is 0 Å². The Bertz CT molecular complexity index is 445. The van der Waals surface area contributed by atoms with Crippen LogP contribution in [-0.4, -0.2) is 64.9 Å². The molecule has 0 saturated carbocycles. The fourth-order valence-corrected chi connectivity index (χ4v) is 3.45. The van der Waals surface area contributed by atoms with Crippen molar-refractivity contribution in [1.82, 2.24) is 15.5 Å². The lowest BCUT2D eigenvalue weighted by Gasteiger charge is -2.18. The van der Waals surface area contributed by atoms with E-state index in [-0.39, 0.29) is 24.0 Å². The van der Waals surface area contributed by atoms with Crippen LogP contribution < -0.4 is 10.6 Å². The number of hydrogen-bond acceptors (Lipinski definition) is 4. The third-order valence-electron chi connectivity index (χ3n) is 3.19. The van der Waals surface area contributed by atoms with Crippen LogP contribution in [0.2, 0.25) is 0 Å². The van der Waals surface area contributed by atoms with Gasteiger partial charge in [0, 0.05) is 51.8 Å². The molecule has 0 amide bonds. The van der Waals surface area contributed by atoms with E-state index in [1.165, 1.54) is 8.66 Å². The predicted octanol–water partition coefficient (Wildman–Crippen LogP) is 2.80. The number of thiophene rings is 1. The Balaban J connectivity index is 0.00000484. The Morgan fingerprint density at radius 3 is 2.65 bits per heavy atom. The fraction of sp³-hybridized carbons (Fsp3) is 0.667. The molecular weight excluding hydrogens is 491 g/mol. The minimum absolute atomic E-state index is 0. The van der Waals surface area contributed by atoms with Crippen molar-refractivity contribution in [2.45, 2.75) is 12.8 Å². The first kappa shape index (κ1) is 23.1. The number of guanidine groups is 1. The van der Waals surface area contributed by atoms with Gasteiger partial charge in [-0.05, 0) is 48.0 Å². The Morgan fingerprint density at radius 2 is 2.04 bits per heavy atom. The molecular formula is C15H28BrIN4OS. The van der Waals surface area contributed by atoms with Gasteiger partial charge in [0.05, 0.1) is 3.79 Å². The van der Waals surface area contributed by atoms with Gasteiger partial charge in [0.2, 0.25) is 0 Å². The Hall–Kier alpha value is 0.1000. The largest absolute Gasteiger partial charge is 0.385 e. The second-order valence-electron chi connectivity index (χ2n) is 5.03. The Kier molecular flexibility index (Phi) is 14.5. The van der Waals surface area contributed by atoms with E-state index in [0.717, 1.165) is 51.6 Å². The highest BCUT2D eigenvalue weighted by molar-refractivity contribution is 14.0. The molecule has 8 heteroatoms. The second-order valence-corrected chi connectivity index (χ2v) is 7.58. The summed E-state index contributed by atoms with van der Waals surface area (Å²) in [5.41, 5.74) is 0. The molecule has 0 aromatic carbocycles. The van der Waals surface area contributed by atoms with E-state index in [9.17, 15) is 0 Å². The van der Waals surface area contributed by atoms with Crippen LogP contribution in [0.4, 0.5) is 0 Å². The monoisotopic (exact) mass is 518 g/mol. The molecule has 23 heavy (non-hydrogen) atoms. The maximum atomic E-state index is 5.06. The molecule has 0 aliphatic rings. The molecule has 1 aromatic rings. The highest BCUT2D eigenvalue weighted by atomic mass is 127. The smallest absolute Gasteiger partial charge is 0.191 e. The van der Waals surface area contributed by atoms with E-state index in [4.69, 9.17) is 4.74 Å². The summed E-state index contributed by atoms with van der Waals surface area (Å²) in [6.45, 7) is 4.63. The van der Waals surface area contributed by atoms with Crippen LogP contribution in [0.3, 0.4) is 0 Å². The molecule has 0 aliphatic heterocycles. The molecule has 0 atom stereocenters. The van der Waals surface area contributed by atoms with Crippen LogP contribution in [0.25, 0.3) is 0 Å². The maximum absolute atomic E-state index is 5.06. The molecule has 0 unspecified atom stereocenters. The lowest BCUT2D eigenvalue weighted by Crippen LogP contribution is -2.41. The maximum Gasteiger partial charge on any atom is 0.191 e. The van der Waals surface area contributed by atoms with E-state index in [1.54, 1.807) is 25.5 Å². The molecule has 0 bridgehead atoms. The van der Waals surface area contributed by atoms with E-state index < -0.39 is 0 Å². The molecule has 2 N–H and O–H groups in total. The molecule has 0 saturated heterocycles. The van der Waals surface area contributed by atoms with Crippen molar-refractivity contribution in [3.63, 3.8) is 0 Å². The molecule has 0 aliphatic carbocycles. The third-order valence-corrected chi connectivity index (χ3v) is 4.87. The van der Waals surface area contributed by atoms with Crippen LogP contribution in [0.15, 0.2) is 20.9 Å². The van der Waals surface area contributed by atoms with E-state index in [2.05, 4.69) is 55.6 Å². The molecule has 0 fully saturated rings. The second kappa shape index (κ2) is 14.4. The zero-order chi connectivity index (χ0) is 16.2. The number of methoxy groups -OCH3 is 1. The minimum atomic E-state index is 0. The number of rotatable bonds is 10. The average molecular weight is 519 g/mol. The van der Waals surface area contributed by atoms with Gasteiger partial charge in [-0.15, -0.1) is 35.3 Å². The lowest BCUT2D eigenvalue weighted by atomic mass is 10.3. The van der Waals surface area contributed by atoms with Crippen LogP contribution in [-0.2, 0) is 11.2 Å². The molecule has 5 nitrogen and oxygen atoms in total. The molecule has 1 heterocycles. The van der Waals surface area contributed by atoms with Gasteiger partial charge in [-0.3, -0.25) is 4.99 Å². The summed E-state index contributed by atoms with van der Waals surface area (Å²) in [4.78, 5) is 7.91. The highest BCUT2D eigenvalue weighted by Gasteiger charge is 2.01. The molecule has 0 spiro atoms. The summed E-state index contributed by atoms with van der Waals surface area (Å²) >= 11 is 5.26. The summed E-state index contributed by atoms with van der Waals surface area (Å²) in [5, 5.41) is 6.69. The number of aliphatic imine (C=N–C) groups is 1.